The summed E-state index contributed by atoms with van der Waals surface area (Å²) in [6.07, 6.45) is 0. The van der Waals surface area contributed by atoms with Crippen molar-refractivity contribution in [1.82, 2.24) is 9.88 Å². The number of carbonyl (C=O) groups excluding carboxylic acids is 2. The van der Waals surface area contributed by atoms with E-state index in [2.05, 4.69) is 5.32 Å². The molecule has 1 aromatic heterocycles. The van der Waals surface area contributed by atoms with Gasteiger partial charge in [-0.15, -0.1) is 0 Å². The van der Waals surface area contributed by atoms with E-state index in [9.17, 15) is 14.4 Å². The SMILES string of the molecule is O=C1NC(=O)C(c2ccc(Cn3c(=O)ccc4ccccc43)cc2)S1. The van der Waals surface area contributed by atoms with Crippen molar-refractivity contribution in [3.63, 3.8) is 0 Å². The van der Waals surface area contributed by atoms with Crippen LogP contribution >= 0.6 is 11.8 Å². The Kier molecular flexibility index (Phi) is 3.89. The van der Waals surface area contributed by atoms with Crippen molar-refractivity contribution in [2.75, 3.05) is 0 Å². The van der Waals surface area contributed by atoms with E-state index in [4.69, 9.17) is 0 Å². The number of benzene rings is 2. The molecule has 1 aliphatic rings. The van der Waals surface area contributed by atoms with Crippen molar-refractivity contribution in [3.05, 3.63) is 82.1 Å². The molecule has 0 bridgehead atoms. The molecular weight excluding hydrogens is 336 g/mol. The quantitative estimate of drug-likeness (QED) is 0.788. The summed E-state index contributed by atoms with van der Waals surface area (Å²) >= 11 is 0.986. The number of pyridine rings is 1. The summed E-state index contributed by atoms with van der Waals surface area (Å²) in [6, 6.07) is 18.6. The molecule has 0 aliphatic carbocycles. The number of hydrogen-bond donors (Lipinski definition) is 1. The second-order valence-corrected chi connectivity index (χ2v) is 6.91. The molecule has 0 spiro atoms. The summed E-state index contributed by atoms with van der Waals surface area (Å²) in [4.78, 5) is 35.3. The van der Waals surface area contributed by atoms with E-state index in [-0.39, 0.29) is 16.7 Å². The normalized spacial score (nSPS) is 17.0. The predicted octanol–water partition coefficient (Wildman–Crippen LogP) is 3.07. The zero-order valence-corrected chi connectivity index (χ0v) is 14.0. The van der Waals surface area contributed by atoms with Gasteiger partial charge < -0.3 is 4.57 Å². The summed E-state index contributed by atoms with van der Waals surface area (Å²) in [7, 11) is 0. The third-order valence-electron chi connectivity index (χ3n) is 4.21. The molecule has 1 unspecified atom stereocenters. The highest BCUT2D eigenvalue weighted by atomic mass is 32.2. The Labute approximate surface area is 147 Å². The van der Waals surface area contributed by atoms with Gasteiger partial charge in [-0.3, -0.25) is 19.7 Å². The first-order valence-electron chi connectivity index (χ1n) is 7.81. The molecule has 4 rings (SSSR count). The van der Waals surface area contributed by atoms with E-state index in [1.54, 1.807) is 10.6 Å². The van der Waals surface area contributed by atoms with Crippen molar-refractivity contribution in [2.24, 2.45) is 0 Å². The fourth-order valence-electron chi connectivity index (χ4n) is 2.96. The first-order chi connectivity index (χ1) is 12.1. The van der Waals surface area contributed by atoms with Crippen molar-refractivity contribution >= 4 is 33.8 Å². The first-order valence-corrected chi connectivity index (χ1v) is 8.69. The van der Waals surface area contributed by atoms with Crippen LogP contribution in [-0.4, -0.2) is 15.7 Å². The maximum Gasteiger partial charge on any atom is 0.286 e. The Bertz CT molecular complexity index is 1040. The molecule has 1 N–H and O–H groups in total. The predicted molar refractivity (Wildman–Crippen MR) is 97.6 cm³/mol. The van der Waals surface area contributed by atoms with Gasteiger partial charge in [-0.25, -0.2) is 0 Å². The van der Waals surface area contributed by atoms with Crippen LogP contribution in [-0.2, 0) is 11.3 Å². The lowest BCUT2D eigenvalue weighted by Gasteiger charge is -2.11. The third kappa shape index (κ3) is 2.96. The molecule has 2 heterocycles. The van der Waals surface area contributed by atoms with Crippen LogP contribution in [0.1, 0.15) is 16.4 Å². The Morgan fingerprint density at radius 1 is 0.920 bits per heavy atom. The zero-order chi connectivity index (χ0) is 17.4. The average molecular weight is 350 g/mol. The van der Waals surface area contributed by atoms with Crippen LogP contribution in [0.3, 0.4) is 0 Å². The molecule has 25 heavy (non-hydrogen) atoms. The lowest BCUT2D eigenvalue weighted by Crippen LogP contribution is -2.21. The highest BCUT2D eigenvalue weighted by molar-refractivity contribution is 8.15. The summed E-state index contributed by atoms with van der Waals surface area (Å²) in [5, 5.41) is 2.48. The molecule has 2 amide bonds. The number of thioether (sulfide) groups is 1. The van der Waals surface area contributed by atoms with E-state index < -0.39 is 5.25 Å². The smallest absolute Gasteiger partial charge is 0.286 e. The Hall–Kier alpha value is -2.86. The van der Waals surface area contributed by atoms with Crippen molar-refractivity contribution in [2.45, 2.75) is 11.8 Å². The summed E-state index contributed by atoms with van der Waals surface area (Å²) in [5.41, 5.74) is 2.56. The van der Waals surface area contributed by atoms with Crippen LogP contribution in [0.15, 0.2) is 65.5 Å². The Balaban J connectivity index is 1.64. The number of imide groups is 1. The van der Waals surface area contributed by atoms with E-state index in [1.165, 1.54) is 0 Å². The highest BCUT2D eigenvalue weighted by Gasteiger charge is 2.32. The van der Waals surface area contributed by atoms with Gasteiger partial charge >= 0.3 is 0 Å². The van der Waals surface area contributed by atoms with E-state index >= 15 is 0 Å². The van der Waals surface area contributed by atoms with Gasteiger partial charge in [0.15, 0.2) is 0 Å². The van der Waals surface area contributed by atoms with Gasteiger partial charge in [-0.2, -0.15) is 0 Å². The lowest BCUT2D eigenvalue weighted by atomic mass is 10.1. The number of amides is 2. The van der Waals surface area contributed by atoms with E-state index in [0.29, 0.717) is 6.54 Å². The molecule has 5 nitrogen and oxygen atoms in total. The van der Waals surface area contributed by atoms with Crippen molar-refractivity contribution in [1.29, 1.82) is 0 Å². The van der Waals surface area contributed by atoms with Gasteiger partial charge in [0.05, 0.1) is 12.1 Å². The zero-order valence-electron chi connectivity index (χ0n) is 13.1. The minimum atomic E-state index is -0.498. The summed E-state index contributed by atoms with van der Waals surface area (Å²) in [6.45, 7) is 0.448. The molecule has 1 saturated heterocycles. The van der Waals surface area contributed by atoms with Gasteiger partial charge in [-0.05, 0) is 40.4 Å². The third-order valence-corrected chi connectivity index (χ3v) is 5.25. The summed E-state index contributed by atoms with van der Waals surface area (Å²) < 4.78 is 1.73. The molecule has 2 aromatic carbocycles. The maximum atomic E-state index is 12.3. The number of para-hydroxylation sites is 1. The lowest BCUT2D eigenvalue weighted by molar-refractivity contribution is -0.119. The van der Waals surface area contributed by atoms with Gasteiger partial charge in [0.25, 0.3) is 10.8 Å². The van der Waals surface area contributed by atoms with Gasteiger partial charge in [0.2, 0.25) is 5.91 Å². The maximum absolute atomic E-state index is 12.3. The van der Waals surface area contributed by atoms with Crippen LogP contribution in [0.25, 0.3) is 10.9 Å². The topological polar surface area (TPSA) is 68.2 Å². The standard InChI is InChI=1S/C19H14N2O3S/c22-16-10-9-13-3-1-2-4-15(13)21(16)11-12-5-7-14(8-6-12)17-18(23)20-19(24)25-17/h1-10,17H,11H2,(H,20,23,24). The van der Waals surface area contributed by atoms with Gasteiger partial charge in [0.1, 0.15) is 5.25 Å². The second kappa shape index (κ2) is 6.22. The van der Waals surface area contributed by atoms with Gasteiger partial charge in [-0.1, -0.05) is 42.5 Å². The Morgan fingerprint density at radius 3 is 2.40 bits per heavy atom. The number of rotatable bonds is 3. The average Bonchev–Trinajstić information content (AvgIpc) is 2.96. The van der Waals surface area contributed by atoms with Crippen LogP contribution in [0.2, 0.25) is 0 Å². The second-order valence-electron chi connectivity index (χ2n) is 5.83. The molecule has 124 valence electrons. The molecule has 0 radical (unpaired) electrons. The van der Waals surface area contributed by atoms with Crippen molar-refractivity contribution < 1.29 is 9.59 Å². The number of hydrogen-bond acceptors (Lipinski definition) is 4. The number of fused-ring (bicyclic) bond motifs is 1. The number of aromatic nitrogens is 1. The first kappa shape index (κ1) is 15.7. The number of nitrogens with zero attached hydrogens (tertiary/aromatic N) is 1. The highest BCUT2D eigenvalue weighted by Crippen LogP contribution is 2.34. The summed E-state index contributed by atoms with van der Waals surface area (Å²) in [5.74, 6) is -0.284. The van der Waals surface area contributed by atoms with E-state index in [1.807, 2.05) is 54.6 Å². The molecule has 6 heteroatoms. The van der Waals surface area contributed by atoms with Crippen LogP contribution < -0.4 is 10.9 Å². The molecule has 0 saturated carbocycles. The number of carbonyl (C=O) groups is 2. The monoisotopic (exact) mass is 350 g/mol. The number of nitrogens with one attached hydrogen (secondary N) is 1. The minimum absolute atomic E-state index is 0.0564. The van der Waals surface area contributed by atoms with Gasteiger partial charge in [0, 0.05) is 6.07 Å². The minimum Gasteiger partial charge on any atom is -0.304 e. The van der Waals surface area contributed by atoms with Crippen LogP contribution in [0.5, 0.6) is 0 Å². The molecule has 1 atom stereocenters. The fourth-order valence-corrected chi connectivity index (χ4v) is 3.80. The Morgan fingerprint density at radius 2 is 1.68 bits per heavy atom. The molecule has 1 fully saturated rings. The fraction of sp³-hybridized carbons (Fsp3) is 0.105. The van der Waals surface area contributed by atoms with Crippen LogP contribution in [0, 0.1) is 0 Å². The molecule has 1 aliphatic heterocycles. The molecular formula is C19H14N2O3S. The van der Waals surface area contributed by atoms with E-state index in [0.717, 1.165) is 33.8 Å². The van der Waals surface area contributed by atoms with Crippen molar-refractivity contribution in [3.8, 4) is 0 Å². The molecule has 3 aromatic rings. The van der Waals surface area contributed by atoms with Crippen LogP contribution in [0.4, 0.5) is 4.79 Å². The largest absolute Gasteiger partial charge is 0.304 e.